The number of nitrogens with zero attached hydrogens (tertiary/aromatic N) is 4. The van der Waals surface area contributed by atoms with Crippen LogP contribution in [0.4, 0.5) is 0 Å². The summed E-state index contributed by atoms with van der Waals surface area (Å²) in [7, 11) is 0. The molecule has 0 N–H and O–H groups in total. The topological polar surface area (TPSA) is 51.6 Å². The summed E-state index contributed by atoms with van der Waals surface area (Å²) in [6.07, 6.45) is 8.95. The Bertz CT molecular complexity index is 881. The van der Waals surface area contributed by atoms with Crippen LogP contribution in [-0.4, -0.2) is 19.9 Å². The monoisotopic (exact) mass is 310 g/mol. The van der Waals surface area contributed by atoms with Crippen molar-refractivity contribution in [2.45, 2.75) is 0 Å². The predicted molar refractivity (Wildman–Crippen MR) is 93.9 cm³/mol. The molecule has 0 saturated carbocycles. The number of pyridine rings is 2. The first kappa shape index (κ1) is 14.2. The molecule has 4 nitrogen and oxygen atoms in total. The number of hydrogen-bond acceptors (Lipinski definition) is 4. The Morgan fingerprint density at radius 2 is 1.29 bits per heavy atom. The average molecular weight is 310 g/mol. The molecule has 3 aromatic heterocycles. The van der Waals surface area contributed by atoms with Crippen molar-refractivity contribution in [3.8, 4) is 33.8 Å². The highest BCUT2D eigenvalue weighted by molar-refractivity contribution is 5.90. The van der Waals surface area contributed by atoms with Crippen molar-refractivity contribution in [1.82, 2.24) is 19.9 Å². The van der Waals surface area contributed by atoms with E-state index in [-0.39, 0.29) is 0 Å². The summed E-state index contributed by atoms with van der Waals surface area (Å²) < 4.78 is 0. The third-order valence-electron chi connectivity index (χ3n) is 3.76. The molecule has 0 unspecified atom stereocenters. The van der Waals surface area contributed by atoms with Gasteiger partial charge in [0.1, 0.15) is 0 Å². The van der Waals surface area contributed by atoms with Crippen LogP contribution >= 0.6 is 0 Å². The van der Waals surface area contributed by atoms with Gasteiger partial charge in [-0.3, -0.25) is 9.97 Å². The van der Waals surface area contributed by atoms with E-state index >= 15 is 0 Å². The van der Waals surface area contributed by atoms with Gasteiger partial charge in [0, 0.05) is 47.7 Å². The highest BCUT2D eigenvalue weighted by atomic mass is 14.9. The second kappa shape index (κ2) is 6.38. The Kier molecular flexibility index (Phi) is 3.78. The second-order valence-electron chi connectivity index (χ2n) is 5.26. The van der Waals surface area contributed by atoms with Gasteiger partial charge in [0.25, 0.3) is 0 Å². The van der Waals surface area contributed by atoms with E-state index in [1.54, 1.807) is 18.6 Å². The molecule has 3 heterocycles. The Hall–Kier alpha value is -3.40. The van der Waals surface area contributed by atoms with E-state index in [1.807, 2.05) is 54.9 Å². The standard InChI is InChI=1S/C20H14N4/c1-2-7-15(8-3-1)16-13-21-14-17(18-9-4-5-10-22-18)19(16)20-23-11-6-12-24-20/h1-14H. The molecule has 4 heteroatoms. The maximum atomic E-state index is 4.47. The van der Waals surface area contributed by atoms with Crippen LogP contribution in [0.5, 0.6) is 0 Å². The van der Waals surface area contributed by atoms with Gasteiger partial charge >= 0.3 is 0 Å². The minimum absolute atomic E-state index is 0.666. The molecule has 0 saturated heterocycles. The number of benzene rings is 1. The van der Waals surface area contributed by atoms with Crippen molar-refractivity contribution in [2.24, 2.45) is 0 Å². The van der Waals surface area contributed by atoms with Gasteiger partial charge in [-0.25, -0.2) is 9.97 Å². The van der Waals surface area contributed by atoms with Gasteiger partial charge in [0.15, 0.2) is 5.82 Å². The van der Waals surface area contributed by atoms with Crippen molar-refractivity contribution in [3.05, 3.63) is 85.6 Å². The maximum absolute atomic E-state index is 4.47. The van der Waals surface area contributed by atoms with Crippen molar-refractivity contribution in [3.63, 3.8) is 0 Å². The Morgan fingerprint density at radius 1 is 0.583 bits per heavy atom. The quantitative estimate of drug-likeness (QED) is 0.567. The molecular formula is C20H14N4. The Morgan fingerprint density at radius 3 is 2.04 bits per heavy atom. The van der Waals surface area contributed by atoms with E-state index < -0.39 is 0 Å². The highest BCUT2D eigenvalue weighted by Crippen LogP contribution is 2.36. The smallest absolute Gasteiger partial charge is 0.160 e. The van der Waals surface area contributed by atoms with Crippen LogP contribution in [-0.2, 0) is 0 Å². The second-order valence-corrected chi connectivity index (χ2v) is 5.26. The summed E-state index contributed by atoms with van der Waals surface area (Å²) in [5.41, 5.74) is 4.78. The Labute approximate surface area is 139 Å². The van der Waals surface area contributed by atoms with Crippen LogP contribution in [0.25, 0.3) is 33.8 Å². The van der Waals surface area contributed by atoms with Crippen molar-refractivity contribution < 1.29 is 0 Å². The van der Waals surface area contributed by atoms with Gasteiger partial charge < -0.3 is 0 Å². The molecule has 0 aliphatic rings. The lowest BCUT2D eigenvalue weighted by Gasteiger charge is -2.13. The van der Waals surface area contributed by atoms with E-state index in [2.05, 4.69) is 32.1 Å². The van der Waals surface area contributed by atoms with Crippen LogP contribution < -0.4 is 0 Å². The van der Waals surface area contributed by atoms with E-state index in [1.165, 1.54) is 0 Å². The fourth-order valence-corrected chi connectivity index (χ4v) is 2.68. The average Bonchev–Trinajstić information content (AvgIpc) is 2.69. The number of aromatic nitrogens is 4. The molecule has 0 amide bonds. The lowest BCUT2D eigenvalue weighted by Crippen LogP contribution is -1.96. The molecule has 0 radical (unpaired) electrons. The summed E-state index contributed by atoms with van der Waals surface area (Å²) in [5, 5.41) is 0. The lowest BCUT2D eigenvalue weighted by atomic mass is 9.96. The van der Waals surface area contributed by atoms with E-state index in [0.717, 1.165) is 27.9 Å². The van der Waals surface area contributed by atoms with Crippen LogP contribution in [0.2, 0.25) is 0 Å². The van der Waals surface area contributed by atoms with E-state index in [9.17, 15) is 0 Å². The SMILES string of the molecule is c1ccc(-c2cncc(-c3ccccn3)c2-c2ncccn2)cc1. The molecular weight excluding hydrogens is 296 g/mol. The first-order valence-corrected chi connectivity index (χ1v) is 7.66. The van der Waals surface area contributed by atoms with Gasteiger partial charge in [-0.1, -0.05) is 36.4 Å². The normalized spacial score (nSPS) is 10.5. The number of hydrogen-bond donors (Lipinski definition) is 0. The van der Waals surface area contributed by atoms with Crippen molar-refractivity contribution in [1.29, 1.82) is 0 Å². The third-order valence-corrected chi connectivity index (χ3v) is 3.76. The minimum atomic E-state index is 0.666. The van der Waals surface area contributed by atoms with Gasteiger partial charge in [-0.2, -0.15) is 0 Å². The van der Waals surface area contributed by atoms with E-state index in [0.29, 0.717) is 5.82 Å². The van der Waals surface area contributed by atoms with Gasteiger partial charge in [-0.05, 0) is 23.8 Å². The molecule has 24 heavy (non-hydrogen) atoms. The summed E-state index contributed by atoms with van der Waals surface area (Å²) in [6, 6.07) is 17.8. The molecule has 0 spiro atoms. The molecule has 0 aliphatic heterocycles. The van der Waals surface area contributed by atoms with Crippen molar-refractivity contribution >= 4 is 0 Å². The highest BCUT2D eigenvalue weighted by Gasteiger charge is 2.17. The zero-order chi connectivity index (χ0) is 16.2. The third kappa shape index (κ3) is 2.65. The molecule has 0 aliphatic carbocycles. The first-order chi connectivity index (χ1) is 11.9. The van der Waals surface area contributed by atoms with Gasteiger partial charge in [0.2, 0.25) is 0 Å². The summed E-state index contributed by atoms with van der Waals surface area (Å²) in [5.74, 6) is 0.666. The maximum Gasteiger partial charge on any atom is 0.160 e. The van der Waals surface area contributed by atoms with Crippen LogP contribution in [0.3, 0.4) is 0 Å². The first-order valence-electron chi connectivity index (χ1n) is 7.66. The molecule has 114 valence electrons. The fourth-order valence-electron chi connectivity index (χ4n) is 2.68. The van der Waals surface area contributed by atoms with Crippen LogP contribution in [0, 0.1) is 0 Å². The predicted octanol–water partition coefficient (Wildman–Crippen LogP) is 4.27. The number of rotatable bonds is 3. The Balaban J connectivity index is 2.02. The summed E-state index contributed by atoms with van der Waals surface area (Å²) >= 11 is 0. The minimum Gasteiger partial charge on any atom is -0.263 e. The van der Waals surface area contributed by atoms with Crippen LogP contribution in [0.15, 0.2) is 85.6 Å². The lowest BCUT2D eigenvalue weighted by molar-refractivity contribution is 1.17. The summed E-state index contributed by atoms with van der Waals surface area (Å²) in [6.45, 7) is 0. The molecule has 0 fully saturated rings. The molecule has 0 atom stereocenters. The zero-order valence-electron chi connectivity index (χ0n) is 12.9. The van der Waals surface area contributed by atoms with E-state index in [4.69, 9.17) is 0 Å². The molecule has 4 rings (SSSR count). The van der Waals surface area contributed by atoms with Gasteiger partial charge in [0.05, 0.1) is 5.69 Å². The van der Waals surface area contributed by atoms with Crippen molar-refractivity contribution in [2.75, 3.05) is 0 Å². The van der Waals surface area contributed by atoms with Crippen LogP contribution in [0.1, 0.15) is 0 Å². The zero-order valence-corrected chi connectivity index (χ0v) is 12.9. The summed E-state index contributed by atoms with van der Waals surface area (Å²) in [4.78, 5) is 17.8. The largest absolute Gasteiger partial charge is 0.263 e. The molecule has 4 aromatic rings. The molecule has 0 bridgehead atoms. The molecule has 1 aromatic carbocycles. The fraction of sp³-hybridized carbons (Fsp3) is 0. The van der Waals surface area contributed by atoms with Gasteiger partial charge in [-0.15, -0.1) is 0 Å².